The van der Waals surface area contributed by atoms with Crippen LogP contribution in [0.4, 0.5) is 0 Å². The molecule has 0 spiro atoms. The molecule has 17 heavy (non-hydrogen) atoms. The van der Waals surface area contributed by atoms with Crippen LogP contribution in [0.5, 0.6) is 0 Å². The number of hydrogen-bond acceptors (Lipinski definition) is 3. The largest absolute Gasteiger partial charge is 0.481 e. The summed E-state index contributed by atoms with van der Waals surface area (Å²) in [4.78, 5) is 21.5. The van der Waals surface area contributed by atoms with Crippen molar-refractivity contribution >= 4 is 11.9 Å². The summed E-state index contributed by atoms with van der Waals surface area (Å²) in [6.45, 7) is 4.52. The highest BCUT2D eigenvalue weighted by Gasteiger charge is 2.04. The van der Waals surface area contributed by atoms with Gasteiger partial charge in [-0.05, 0) is 18.8 Å². The molecule has 4 nitrogen and oxygen atoms in total. The summed E-state index contributed by atoms with van der Waals surface area (Å²) in [5.41, 5.74) is 0. The van der Waals surface area contributed by atoms with E-state index in [0.717, 1.165) is 32.1 Å². The van der Waals surface area contributed by atoms with Gasteiger partial charge >= 0.3 is 11.9 Å². The van der Waals surface area contributed by atoms with Gasteiger partial charge in [-0.3, -0.25) is 9.59 Å². The predicted octanol–water partition coefficient (Wildman–Crippen LogP) is 3.00. The number of carbonyl (C=O) groups excluding carboxylic acids is 1. The average Bonchev–Trinajstić information content (AvgIpc) is 2.24. The van der Waals surface area contributed by atoms with Gasteiger partial charge in [0.2, 0.25) is 0 Å². The van der Waals surface area contributed by atoms with Gasteiger partial charge in [0.15, 0.2) is 0 Å². The molecule has 0 rings (SSSR count). The summed E-state index contributed by atoms with van der Waals surface area (Å²) in [5.74, 6) is -0.471. The molecule has 0 bridgehead atoms. The molecule has 4 heteroatoms. The van der Waals surface area contributed by atoms with Gasteiger partial charge < -0.3 is 9.84 Å². The standard InChI is InChI=1S/C13H24O4/c1-11(2)10-17-13(16)9-7-5-3-4-6-8-12(14)15/h11H,3-10H2,1-2H3,(H,14,15). The maximum absolute atomic E-state index is 11.2. The van der Waals surface area contributed by atoms with E-state index in [9.17, 15) is 9.59 Å². The average molecular weight is 244 g/mol. The van der Waals surface area contributed by atoms with E-state index in [-0.39, 0.29) is 12.4 Å². The molecule has 0 aliphatic rings. The van der Waals surface area contributed by atoms with Crippen LogP contribution < -0.4 is 0 Å². The highest BCUT2D eigenvalue weighted by molar-refractivity contribution is 5.69. The summed E-state index contributed by atoms with van der Waals surface area (Å²) in [7, 11) is 0. The zero-order valence-corrected chi connectivity index (χ0v) is 10.9. The van der Waals surface area contributed by atoms with E-state index in [4.69, 9.17) is 9.84 Å². The highest BCUT2D eigenvalue weighted by atomic mass is 16.5. The van der Waals surface area contributed by atoms with Crippen molar-refractivity contribution in [1.29, 1.82) is 0 Å². The molecule has 0 amide bonds. The van der Waals surface area contributed by atoms with E-state index in [1.165, 1.54) is 0 Å². The van der Waals surface area contributed by atoms with Crippen LogP contribution in [0, 0.1) is 5.92 Å². The van der Waals surface area contributed by atoms with Gasteiger partial charge in [-0.15, -0.1) is 0 Å². The normalized spacial score (nSPS) is 10.5. The third-order valence-corrected chi connectivity index (χ3v) is 2.35. The van der Waals surface area contributed by atoms with Gasteiger partial charge in [0.25, 0.3) is 0 Å². The molecule has 0 radical (unpaired) electrons. The number of carboxylic acid groups (broad SMARTS) is 1. The Hall–Kier alpha value is -1.06. The SMILES string of the molecule is CC(C)COC(=O)CCCCCCCC(=O)O. The Morgan fingerprint density at radius 1 is 1.00 bits per heavy atom. The number of aliphatic carboxylic acids is 1. The number of unbranched alkanes of at least 4 members (excludes halogenated alkanes) is 4. The van der Waals surface area contributed by atoms with Crippen molar-refractivity contribution in [3.63, 3.8) is 0 Å². The first-order valence-electron chi connectivity index (χ1n) is 6.39. The molecule has 0 aromatic rings. The number of rotatable bonds is 10. The van der Waals surface area contributed by atoms with Crippen molar-refractivity contribution in [1.82, 2.24) is 0 Å². The van der Waals surface area contributed by atoms with Crippen molar-refractivity contribution in [3.05, 3.63) is 0 Å². The minimum absolute atomic E-state index is 0.121. The van der Waals surface area contributed by atoms with E-state index < -0.39 is 5.97 Å². The maximum Gasteiger partial charge on any atom is 0.305 e. The Labute approximate surface area is 103 Å². The number of carboxylic acids is 1. The van der Waals surface area contributed by atoms with E-state index in [1.807, 2.05) is 13.8 Å². The molecule has 0 heterocycles. The zero-order valence-electron chi connectivity index (χ0n) is 10.9. The minimum atomic E-state index is -0.734. The lowest BCUT2D eigenvalue weighted by atomic mass is 10.1. The van der Waals surface area contributed by atoms with Gasteiger partial charge in [0.1, 0.15) is 0 Å². The van der Waals surface area contributed by atoms with Crippen LogP contribution in [0.15, 0.2) is 0 Å². The number of esters is 1. The second-order valence-corrected chi connectivity index (χ2v) is 4.74. The fourth-order valence-corrected chi connectivity index (χ4v) is 1.41. The summed E-state index contributed by atoms with van der Waals surface area (Å²) >= 11 is 0. The van der Waals surface area contributed by atoms with Crippen LogP contribution in [-0.4, -0.2) is 23.7 Å². The second-order valence-electron chi connectivity index (χ2n) is 4.74. The molecule has 0 aliphatic carbocycles. The fraction of sp³-hybridized carbons (Fsp3) is 0.846. The van der Waals surface area contributed by atoms with Crippen LogP contribution in [-0.2, 0) is 14.3 Å². The van der Waals surface area contributed by atoms with Crippen LogP contribution in [0.25, 0.3) is 0 Å². The Morgan fingerprint density at radius 3 is 2.06 bits per heavy atom. The first kappa shape index (κ1) is 15.9. The smallest absolute Gasteiger partial charge is 0.305 e. The van der Waals surface area contributed by atoms with Crippen LogP contribution in [0.1, 0.15) is 58.8 Å². The van der Waals surface area contributed by atoms with Crippen LogP contribution in [0.3, 0.4) is 0 Å². The molecular formula is C13H24O4. The predicted molar refractivity (Wildman–Crippen MR) is 65.8 cm³/mol. The van der Waals surface area contributed by atoms with Gasteiger partial charge in [-0.1, -0.05) is 33.1 Å². The molecule has 0 fully saturated rings. The molecule has 0 atom stereocenters. The first-order chi connectivity index (χ1) is 8.02. The van der Waals surface area contributed by atoms with Crippen molar-refractivity contribution in [2.75, 3.05) is 6.61 Å². The van der Waals surface area contributed by atoms with Crippen molar-refractivity contribution in [2.45, 2.75) is 58.8 Å². The van der Waals surface area contributed by atoms with Crippen LogP contribution >= 0.6 is 0 Å². The van der Waals surface area contributed by atoms with Crippen molar-refractivity contribution in [3.8, 4) is 0 Å². The number of hydrogen-bond donors (Lipinski definition) is 1. The molecule has 1 N–H and O–H groups in total. The minimum Gasteiger partial charge on any atom is -0.481 e. The molecule has 0 saturated carbocycles. The van der Waals surface area contributed by atoms with Crippen molar-refractivity contribution in [2.24, 2.45) is 5.92 Å². The lowest BCUT2D eigenvalue weighted by Crippen LogP contribution is -2.09. The van der Waals surface area contributed by atoms with Gasteiger partial charge in [-0.2, -0.15) is 0 Å². The summed E-state index contributed by atoms with van der Waals surface area (Å²) < 4.78 is 5.05. The zero-order chi connectivity index (χ0) is 13.1. The molecule has 0 aliphatic heterocycles. The van der Waals surface area contributed by atoms with Gasteiger partial charge in [0.05, 0.1) is 6.61 Å². The second kappa shape index (κ2) is 10.1. The quantitative estimate of drug-likeness (QED) is 0.474. The van der Waals surface area contributed by atoms with Gasteiger partial charge in [-0.25, -0.2) is 0 Å². The highest BCUT2D eigenvalue weighted by Crippen LogP contribution is 2.08. The maximum atomic E-state index is 11.2. The van der Waals surface area contributed by atoms with E-state index in [1.54, 1.807) is 0 Å². The fourth-order valence-electron chi connectivity index (χ4n) is 1.41. The third kappa shape index (κ3) is 12.9. The van der Waals surface area contributed by atoms with Crippen LogP contribution in [0.2, 0.25) is 0 Å². The Balaban J connectivity index is 3.22. The topological polar surface area (TPSA) is 63.6 Å². The van der Waals surface area contributed by atoms with E-state index in [0.29, 0.717) is 18.9 Å². The number of carbonyl (C=O) groups is 2. The number of ether oxygens (including phenoxy) is 1. The Kier molecular flexibility index (Phi) is 9.49. The molecule has 0 unspecified atom stereocenters. The molecule has 0 aromatic heterocycles. The Bertz CT molecular complexity index is 223. The molecule has 0 saturated heterocycles. The van der Waals surface area contributed by atoms with Crippen molar-refractivity contribution < 1.29 is 19.4 Å². The first-order valence-corrected chi connectivity index (χ1v) is 6.39. The summed E-state index contributed by atoms with van der Waals surface area (Å²) in [5, 5.41) is 8.43. The van der Waals surface area contributed by atoms with Gasteiger partial charge in [0, 0.05) is 12.8 Å². The summed E-state index contributed by atoms with van der Waals surface area (Å²) in [6, 6.07) is 0. The summed E-state index contributed by atoms with van der Waals surface area (Å²) in [6.07, 6.45) is 5.17. The molecular weight excluding hydrogens is 220 g/mol. The van der Waals surface area contributed by atoms with E-state index in [2.05, 4.69) is 0 Å². The lowest BCUT2D eigenvalue weighted by Gasteiger charge is -2.06. The molecule has 100 valence electrons. The van der Waals surface area contributed by atoms with E-state index >= 15 is 0 Å². The monoisotopic (exact) mass is 244 g/mol. The Morgan fingerprint density at radius 2 is 1.53 bits per heavy atom. The third-order valence-electron chi connectivity index (χ3n) is 2.35. The molecule has 0 aromatic carbocycles. The lowest BCUT2D eigenvalue weighted by molar-refractivity contribution is -0.144.